The smallest absolute Gasteiger partial charge is 0.114 e. The maximum Gasteiger partial charge on any atom is 0.114 e. The summed E-state index contributed by atoms with van der Waals surface area (Å²) < 4.78 is 0. The average Bonchev–Trinajstić information content (AvgIpc) is 2.47. The number of hydrogen-bond acceptors (Lipinski definition) is 3. The van der Waals surface area contributed by atoms with Gasteiger partial charge in [-0.15, -0.1) is 11.3 Å². The zero-order valence-electron chi connectivity index (χ0n) is 7.00. The number of thiophene rings is 1. The molecule has 2 nitrogen and oxygen atoms in total. The van der Waals surface area contributed by atoms with E-state index in [0.717, 1.165) is 15.6 Å². The number of nitrogens with zero attached hydrogens (tertiary/aromatic N) is 1. The number of rotatable bonds is 3. The van der Waals surface area contributed by atoms with Crippen LogP contribution in [0.1, 0.15) is 18.7 Å². The fourth-order valence-electron chi connectivity index (χ4n) is 0.755. The lowest BCUT2D eigenvalue weighted by atomic mass is 10.3. The van der Waals surface area contributed by atoms with Crippen molar-refractivity contribution in [3.05, 3.63) is 21.3 Å². The molecule has 0 saturated heterocycles. The summed E-state index contributed by atoms with van der Waals surface area (Å²) in [7, 11) is 0. The molecule has 1 heterocycles. The van der Waals surface area contributed by atoms with Crippen LogP contribution >= 0.6 is 22.9 Å². The fourth-order valence-corrected chi connectivity index (χ4v) is 1.89. The van der Waals surface area contributed by atoms with Crippen molar-refractivity contribution >= 4 is 28.6 Å². The Morgan fingerprint density at radius 1 is 1.75 bits per heavy atom. The summed E-state index contributed by atoms with van der Waals surface area (Å²) in [6, 6.07) is 1.85. The Bertz CT molecular complexity index is 282. The molecule has 0 bridgehead atoms. The SMILES string of the molecule is CCON=C(C)c1sccc1Cl. The van der Waals surface area contributed by atoms with Gasteiger partial charge in [0.25, 0.3) is 0 Å². The van der Waals surface area contributed by atoms with Gasteiger partial charge in [0, 0.05) is 0 Å². The highest BCUT2D eigenvalue weighted by Crippen LogP contribution is 2.22. The van der Waals surface area contributed by atoms with Crippen LogP contribution in [0, 0.1) is 0 Å². The van der Waals surface area contributed by atoms with Crippen molar-refractivity contribution < 1.29 is 4.84 Å². The summed E-state index contributed by atoms with van der Waals surface area (Å²) in [5.41, 5.74) is 0.830. The number of hydrogen-bond donors (Lipinski definition) is 0. The van der Waals surface area contributed by atoms with Gasteiger partial charge in [-0.1, -0.05) is 16.8 Å². The van der Waals surface area contributed by atoms with Gasteiger partial charge < -0.3 is 4.84 Å². The highest BCUT2D eigenvalue weighted by Gasteiger charge is 2.04. The second-order valence-electron chi connectivity index (χ2n) is 2.19. The van der Waals surface area contributed by atoms with Crippen molar-refractivity contribution in [1.82, 2.24) is 0 Å². The Morgan fingerprint density at radius 2 is 2.50 bits per heavy atom. The van der Waals surface area contributed by atoms with Crippen molar-refractivity contribution in [1.29, 1.82) is 0 Å². The van der Waals surface area contributed by atoms with Crippen molar-refractivity contribution in [2.24, 2.45) is 5.16 Å². The molecule has 0 amide bonds. The molecule has 0 spiro atoms. The normalized spacial score (nSPS) is 11.8. The van der Waals surface area contributed by atoms with E-state index in [1.54, 1.807) is 11.3 Å². The third kappa shape index (κ3) is 2.22. The van der Waals surface area contributed by atoms with E-state index in [-0.39, 0.29) is 0 Å². The van der Waals surface area contributed by atoms with Gasteiger partial charge in [0.1, 0.15) is 6.61 Å². The molecule has 0 saturated carbocycles. The summed E-state index contributed by atoms with van der Waals surface area (Å²) in [5, 5.41) is 6.56. The Morgan fingerprint density at radius 3 is 3.00 bits per heavy atom. The summed E-state index contributed by atoms with van der Waals surface area (Å²) in [6.45, 7) is 4.36. The van der Waals surface area contributed by atoms with Crippen LogP contribution in [0.15, 0.2) is 16.6 Å². The molecule has 1 aromatic rings. The molecule has 0 unspecified atom stereocenters. The molecule has 0 aliphatic heterocycles. The van der Waals surface area contributed by atoms with Gasteiger partial charge in [0.15, 0.2) is 0 Å². The molecule has 0 radical (unpaired) electrons. The molecule has 0 fully saturated rings. The van der Waals surface area contributed by atoms with Crippen molar-refractivity contribution in [2.75, 3.05) is 6.61 Å². The van der Waals surface area contributed by atoms with Crippen molar-refractivity contribution in [3.8, 4) is 0 Å². The van der Waals surface area contributed by atoms with E-state index in [1.165, 1.54) is 0 Å². The first-order valence-corrected chi connectivity index (χ1v) is 4.91. The van der Waals surface area contributed by atoms with Gasteiger partial charge in [0.05, 0.1) is 15.6 Å². The van der Waals surface area contributed by atoms with Gasteiger partial charge in [0.2, 0.25) is 0 Å². The lowest BCUT2D eigenvalue weighted by molar-refractivity contribution is 0.159. The molecule has 1 rings (SSSR count). The zero-order valence-corrected chi connectivity index (χ0v) is 8.58. The molecule has 66 valence electrons. The largest absolute Gasteiger partial charge is 0.396 e. The van der Waals surface area contributed by atoms with Crippen LogP contribution in [-0.4, -0.2) is 12.3 Å². The number of oxime groups is 1. The molecule has 12 heavy (non-hydrogen) atoms. The molecule has 0 aliphatic carbocycles. The lowest BCUT2D eigenvalue weighted by Crippen LogP contribution is -1.93. The summed E-state index contributed by atoms with van der Waals surface area (Å²) >= 11 is 7.45. The second kappa shape index (κ2) is 4.48. The zero-order chi connectivity index (χ0) is 8.97. The standard InChI is InChI=1S/C8H10ClNOS/c1-3-11-10-6(2)8-7(9)4-5-12-8/h4-5H,3H2,1-2H3. The molecular weight excluding hydrogens is 194 g/mol. The van der Waals surface area contributed by atoms with E-state index in [2.05, 4.69) is 5.16 Å². The predicted molar refractivity (Wildman–Crippen MR) is 53.2 cm³/mol. The maximum atomic E-state index is 5.89. The highest BCUT2D eigenvalue weighted by molar-refractivity contribution is 7.12. The Labute approximate surface area is 80.8 Å². The predicted octanol–water partition coefficient (Wildman–Crippen LogP) is 3.16. The molecular formula is C8H10ClNOS. The van der Waals surface area contributed by atoms with Crippen LogP contribution < -0.4 is 0 Å². The molecule has 0 N–H and O–H groups in total. The first-order chi connectivity index (χ1) is 5.75. The molecule has 0 aliphatic rings. The summed E-state index contributed by atoms with van der Waals surface area (Å²) in [6.07, 6.45) is 0. The van der Waals surface area contributed by atoms with Gasteiger partial charge in [-0.25, -0.2) is 0 Å². The second-order valence-corrected chi connectivity index (χ2v) is 3.52. The Hall–Kier alpha value is -0.540. The van der Waals surface area contributed by atoms with Crippen molar-refractivity contribution in [3.63, 3.8) is 0 Å². The van der Waals surface area contributed by atoms with Crippen LogP contribution in [0.2, 0.25) is 5.02 Å². The third-order valence-electron chi connectivity index (χ3n) is 1.28. The minimum atomic E-state index is 0.584. The fraction of sp³-hybridized carbons (Fsp3) is 0.375. The molecule has 0 aromatic carbocycles. The van der Waals surface area contributed by atoms with Crippen LogP contribution in [0.4, 0.5) is 0 Å². The lowest BCUT2D eigenvalue weighted by Gasteiger charge is -1.97. The maximum absolute atomic E-state index is 5.89. The highest BCUT2D eigenvalue weighted by atomic mass is 35.5. The van der Waals surface area contributed by atoms with E-state index in [0.29, 0.717) is 6.61 Å². The van der Waals surface area contributed by atoms with E-state index in [9.17, 15) is 0 Å². The molecule has 4 heteroatoms. The van der Waals surface area contributed by atoms with E-state index in [4.69, 9.17) is 16.4 Å². The summed E-state index contributed by atoms with van der Waals surface area (Å²) in [4.78, 5) is 5.89. The van der Waals surface area contributed by atoms with E-state index >= 15 is 0 Å². The quantitative estimate of drug-likeness (QED) is 0.546. The van der Waals surface area contributed by atoms with Crippen LogP contribution in [0.25, 0.3) is 0 Å². The Balaban J connectivity index is 2.77. The third-order valence-corrected chi connectivity index (χ3v) is 2.73. The first kappa shape index (κ1) is 9.55. The van der Waals surface area contributed by atoms with Crippen molar-refractivity contribution in [2.45, 2.75) is 13.8 Å². The first-order valence-electron chi connectivity index (χ1n) is 3.65. The number of halogens is 1. The van der Waals surface area contributed by atoms with Gasteiger partial charge in [-0.3, -0.25) is 0 Å². The van der Waals surface area contributed by atoms with E-state index in [1.807, 2.05) is 25.3 Å². The average molecular weight is 204 g/mol. The molecule has 0 atom stereocenters. The van der Waals surface area contributed by atoms with Gasteiger partial charge in [-0.05, 0) is 25.3 Å². The van der Waals surface area contributed by atoms with Crippen LogP contribution in [0.5, 0.6) is 0 Å². The van der Waals surface area contributed by atoms with Gasteiger partial charge >= 0.3 is 0 Å². The van der Waals surface area contributed by atoms with Crippen LogP contribution in [0.3, 0.4) is 0 Å². The van der Waals surface area contributed by atoms with E-state index < -0.39 is 0 Å². The monoisotopic (exact) mass is 203 g/mol. The topological polar surface area (TPSA) is 21.6 Å². The van der Waals surface area contributed by atoms with Gasteiger partial charge in [-0.2, -0.15) is 0 Å². The molecule has 1 aromatic heterocycles. The van der Waals surface area contributed by atoms with Crippen LogP contribution in [-0.2, 0) is 4.84 Å². The minimum Gasteiger partial charge on any atom is -0.396 e. The Kier molecular flexibility index (Phi) is 3.56. The minimum absolute atomic E-state index is 0.584. The summed E-state index contributed by atoms with van der Waals surface area (Å²) in [5.74, 6) is 0.